The molecule has 0 fully saturated rings. The highest BCUT2D eigenvalue weighted by molar-refractivity contribution is 5.43. The lowest BCUT2D eigenvalue weighted by Crippen LogP contribution is -2.29. The average molecular weight is 253 g/mol. The average Bonchev–Trinajstić information content (AvgIpc) is 2.45. The molecule has 0 bridgehead atoms. The predicted octanol–water partition coefficient (Wildman–Crippen LogP) is 2.42. The zero-order chi connectivity index (χ0) is 13.7. The normalized spacial score (nSPS) is 13.3. The maximum absolute atomic E-state index is 9.07. The van der Waals surface area contributed by atoms with Gasteiger partial charge in [-0.25, -0.2) is 0 Å². The van der Waals surface area contributed by atoms with Crippen LogP contribution in [-0.2, 0) is 0 Å². The highest BCUT2D eigenvalue weighted by Crippen LogP contribution is 2.26. The third-order valence-corrected chi connectivity index (χ3v) is 2.77. The summed E-state index contributed by atoms with van der Waals surface area (Å²) in [5, 5.41) is 9.07. The van der Waals surface area contributed by atoms with Crippen LogP contribution in [0.25, 0.3) is 0 Å². The summed E-state index contributed by atoms with van der Waals surface area (Å²) in [6, 6.07) is 12.8. The van der Waals surface area contributed by atoms with Crippen LogP contribution in [0.4, 0.5) is 0 Å². The zero-order valence-electron chi connectivity index (χ0n) is 10.7. The molecule has 19 heavy (non-hydrogen) atoms. The summed E-state index contributed by atoms with van der Waals surface area (Å²) in [4.78, 5) is 3.98. The van der Waals surface area contributed by atoms with Crippen molar-refractivity contribution in [1.29, 1.82) is 5.26 Å². The summed E-state index contributed by atoms with van der Waals surface area (Å²) < 4.78 is 5.91. The van der Waals surface area contributed by atoms with Crippen molar-refractivity contribution in [3.63, 3.8) is 0 Å². The van der Waals surface area contributed by atoms with Gasteiger partial charge in [0.1, 0.15) is 17.9 Å². The monoisotopic (exact) mass is 253 g/mol. The zero-order valence-corrected chi connectivity index (χ0v) is 10.7. The van der Waals surface area contributed by atoms with E-state index in [1.165, 1.54) is 0 Å². The predicted molar refractivity (Wildman–Crippen MR) is 72.4 cm³/mol. The molecule has 0 spiro atoms. The molecular weight excluding hydrogens is 238 g/mol. The molecule has 0 saturated carbocycles. The number of nitrogens with zero attached hydrogens (tertiary/aromatic N) is 2. The number of hydrogen-bond donors (Lipinski definition) is 1. The van der Waals surface area contributed by atoms with E-state index in [0.29, 0.717) is 11.3 Å². The lowest BCUT2D eigenvalue weighted by Gasteiger charge is -2.23. The summed E-state index contributed by atoms with van der Waals surface area (Å²) in [6.45, 7) is 1.88. The number of benzene rings is 1. The number of nitrogens with two attached hydrogens (primary N) is 1. The highest BCUT2D eigenvalue weighted by atomic mass is 16.5. The largest absolute Gasteiger partial charge is 0.483 e. The van der Waals surface area contributed by atoms with E-state index in [1.807, 2.05) is 25.1 Å². The number of hydrogen-bond acceptors (Lipinski definition) is 4. The lowest BCUT2D eigenvalue weighted by molar-refractivity contribution is 0.180. The summed E-state index contributed by atoms with van der Waals surface area (Å²) in [5.41, 5.74) is 7.42. The van der Waals surface area contributed by atoms with Crippen LogP contribution in [0.2, 0.25) is 0 Å². The van der Waals surface area contributed by atoms with Gasteiger partial charge in [-0.15, -0.1) is 0 Å². The van der Waals surface area contributed by atoms with Crippen molar-refractivity contribution < 1.29 is 4.74 Å². The molecule has 0 aliphatic heterocycles. The van der Waals surface area contributed by atoms with Gasteiger partial charge < -0.3 is 10.5 Å². The highest BCUT2D eigenvalue weighted by Gasteiger charge is 2.19. The topological polar surface area (TPSA) is 71.9 Å². The quantitative estimate of drug-likeness (QED) is 0.908. The molecule has 0 aliphatic rings. The second kappa shape index (κ2) is 5.98. The van der Waals surface area contributed by atoms with Gasteiger partial charge >= 0.3 is 0 Å². The molecule has 2 rings (SSSR count). The molecule has 0 radical (unpaired) electrons. The number of ether oxygens (including phenoxy) is 1. The first kappa shape index (κ1) is 13.1. The van der Waals surface area contributed by atoms with E-state index in [2.05, 4.69) is 11.1 Å². The van der Waals surface area contributed by atoms with Gasteiger partial charge in [0.25, 0.3) is 0 Å². The molecule has 0 aliphatic carbocycles. The molecule has 1 heterocycles. The van der Waals surface area contributed by atoms with Crippen LogP contribution in [0.3, 0.4) is 0 Å². The van der Waals surface area contributed by atoms with Crippen molar-refractivity contribution in [1.82, 2.24) is 4.98 Å². The van der Waals surface area contributed by atoms with E-state index in [4.69, 9.17) is 15.7 Å². The molecule has 2 unspecified atom stereocenters. The van der Waals surface area contributed by atoms with Gasteiger partial charge in [-0.2, -0.15) is 5.26 Å². The standard InChI is InChI=1S/C15H15N3O/c1-11(17)15(12-6-8-18-9-7-12)19-14-5-3-2-4-13(14)10-16/h2-9,11,15H,17H2,1H3. The molecule has 96 valence electrons. The first-order valence-electron chi connectivity index (χ1n) is 6.03. The van der Waals surface area contributed by atoms with Gasteiger partial charge in [0.15, 0.2) is 0 Å². The third kappa shape index (κ3) is 3.09. The Hall–Kier alpha value is -2.38. The fraction of sp³-hybridized carbons (Fsp3) is 0.200. The Kier molecular flexibility index (Phi) is 4.11. The maximum Gasteiger partial charge on any atom is 0.139 e. The minimum atomic E-state index is -0.308. The smallest absolute Gasteiger partial charge is 0.139 e. The second-order valence-electron chi connectivity index (χ2n) is 4.29. The number of nitriles is 1. The number of rotatable bonds is 4. The van der Waals surface area contributed by atoms with Crippen LogP contribution >= 0.6 is 0 Å². The summed E-state index contributed by atoms with van der Waals surface area (Å²) in [7, 11) is 0. The van der Waals surface area contributed by atoms with Crippen LogP contribution in [0.15, 0.2) is 48.8 Å². The van der Waals surface area contributed by atoms with Crippen molar-refractivity contribution in [2.75, 3.05) is 0 Å². The molecule has 0 amide bonds. The Bertz CT molecular complexity index is 575. The van der Waals surface area contributed by atoms with Crippen molar-refractivity contribution in [2.24, 2.45) is 5.73 Å². The molecule has 4 heteroatoms. The Morgan fingerprint density at radius 1 is 1.21 bits per heavy atom. The van der Waals surface area contributed by atoms with Gasteiger partial charge in [0.05, 0.1) is 5.56 Å². The molecule has 2 N–H and O–H groups in total. The number of para-hydroxylation sites is 1. The van der Waals surface area contributed by atoms with Crippen molar-refractivity contribution >= 4 is 0 Å². The first-order valence-corrected chi connectivity index (χ1v) is 6.03. The van der Waals surface area contributed by atoms with Crippen LogP contribution in [0.5, 0.6) is 5.75 Å². The number of pyridine rings is 1. The fourth-order valence-electron chi connectivity index (χ4n) is 1.83. The van der Waals surface area contributed by atoms with Gasteiger partial charge in [0.2, 0.25) is 0 Å². The second-order valence-corrected chi connectivity index (χ2v) is 4.29. The van der Waals surface area contributed by atoms with Gasteiger partial charge in [-0.3, -0.25) is 4.98 Å². The van der Waals surface area contributed by atoms with E-state index < -0.39 is 0 Å². The lowest BCUT2D eigenvalue weighted by atomic mass is 10.1. The van der Waals surface area contributed by atoms with Gasteiger partial charge in [-0.1, -0.05) is 12.1 Å². The van der Waals surface area contributed by atoms with Crippen LogP contribution in [0.1, 0.15) is 24.2 Å². The van der Waals surface area contributed by atoms with E-state index >= 15 is 0 Å². The van der Waals surface area contributed by atoms with Crippen LogP contribution in [0, 0.1) is 11.3 Å². The molecule has 2 atom stereocenters. The van der Waals surface area contributed by atoms with Gasteiger partial charge in [0, 0.05) is 18.4 Å². The molecule has 2 aromatic rings. The minimum Gasteiger partial charge on any atom is -0.483 e. The van der Waals surface area contributed by atoms with E-state index in [9.17, 15) is 0 Å². The fourth-order valence-corrected chi connectivity index (χ4v) is 1.83. The molecular formula is C15H15N3O. The Balaban J connectivity index is 2.30. The minimum absolute atomic E-state index is 0.200. The maximum atomic E-state index is 9.07. The SMILES string of the molecule is CC(N)C(Oc1ccccc1C#N)c1ccncc1. The number of aromatic nitrogens is 1. The van der Waals surface area contributed by atoms with Gasteiger partial charge in [-0.05, 0) is 36.8 Å². The molecule has 4 nitrogen and oxygen atoms in total. The Labute approximate surface area is 112 Å². The van der Waals surface area contributed by atoms with E-state index in [0.717, 1.165) is 5.56 Å². The van der Waals surface area contributed by atoms with Crippen LogP contribution in [-0.4, -0.2) is 11.0 Å². The van der Waals surface area contributed by atoms with Crippen molar-refractivity contribution in [3.05, 3.63) is 59.9 Å². The molecule has 1 aromatic heterocycles. The Morgan fingerprint density at radius 3 is 2.53 bits per heavy atom. The summed E-state index contributed by atoms with van der Waals surface area (Å²) in [5.74, 6) is 0.545. The van der Waals surface area contributed by atoms with E-state index in [1.54, 1.807) is 30.6 Å². The summed E-state index contributed by atoms with van der Waals surface area (Å²) >= 11 is 0. The van der Waals surface area contributed by atoms with E-state index in [-0.39, 0.29) is 12.1 Å². The van der Waals surface area contributed by atoms with Crippen molar-refractivity contribution in [3.8, 4) is 11.8 Å². The molecule has 1 aromatic carbocycles. The Morgan fingerprint density at radius 2 is 1.89 bits per heavy atom. The first-order chi connectivity index (χ1) is 9.22. The third-order valence-electron chi connectivity index (χ3n) is 2.77. The summed E-state index contributed by atoms with van der Waals surface area (Å²) in [6.07, 6.45) is 3.09. The van der Waals surface area contributed by atoms with Crippen molar-refractivity contribution in [2.45, 2.75) is 19.1 Å². The molecule has 0 saturated heterocycles. The van der Waals surface area contributed by atoms with Crippen LogP contribution < -0.4 is 10.5 Å².